The molecule has 0 unspecified atom stereocenters. The van der Waals surface area contributed by atoms with Crippen LogP contribution >= 0.6 is 0 Å². The zero-order valence-electron chi connectivity index (χ0n) is 30.3. The van der Waals surface area contributed by atoms with Crippen LogP contribution in [0, 0.1) is 0 Å². The molecular weight excluding hydrogens is 681 g/mol. The van der Waals surface area contributed by atoms with Crippen LogP contribution in [0.5, 0.6) is 0 Å². The van der Waals surface area contributed by atoms with E-state index in [0.717, 1.165) is 61.1 Å². The van der Waals surface area contributed by atoms with Crippen molar-refractivity contribution in [2.24, 2.45) is 0 Å². The van der Waals surface area contributed by atoms with Gasteiger partial charge in [0.15, 0.2) is 5.82 Å². The first-order valence-corrected chi connectivity index (χ1v) is 19.2. The van der Waals surface area contributed by atoms with Crippen LogP contribution in [-0.2, 0) is 5.41 Å². The molecule has 3 nitrogen and oxygen atoms in total. The summed E-state index contributed by atoms with van der Waals surface area (Å²) in [6, 6.07) is 69.4. The van der Waals surface area contributed by atoms with E-state index in [1.807, 2.05) is 18.2 Å². The molecule has 56 heavy (non-hydrogen) atoms. The number of aromatic nitrogens is 2. The van der Waals surface area contributed by atoms with E-state index in [-0.39, 0.29) is 0 Å². The van der Waals surface area contributed by atoms with E-state index in [9.17, 15) is 0 Å². The number of hydrogen-bond donors (Lipinski definition) is 0. The molecule has 8 aromatic carbocycles. The fraction of sp³-hybridized carbons (Fsp3) is 0.0189. The minimum Gasteiger partial charge on any atom is -0.455 e. The van der Waals surface area contributed by atoms with E-state index in [4.69, 9.17) is 14.4 Å². The smallest absolute Gasteiger partial charge is 0.161 e. The Balaban J connectivity index is 1.09. The van der Waals surface area contributed by atoms with Gasteiger partial charge in [-0.3, -0.25) is 0 Å². The number of benzene rings is 8. The van der Waals surface area contributed by atoms with Crippen molar-refractivity contribution in [3.63, 3.8) is 0 Å². The van der Waals surface area contributed by atoms with Crippen molar-refractivity contribution < 1.29 is 4.42 Å². The molecule has 1 spiro atoms. The summed E-state index contributed by atoms with van der Waals surface area (Å²) in [6.07, 6.45) is 0. The predicted octanol–water partition coefficient (Wildman–Crippen LogP) is 13.4. The quantitative estimate of drug-likeness (QED) is 0.182. The molecule has 0 saturated heterocycles. The van der Waals surface area contributed by atoms with Crippen LogP contribution in [0.25, 0.3) is 89.2 Å². The van der Waals surface area contributed by atoms with Gasteiger partial charge in [-0.05, 0) is 68.3 Å². The lowest BCUT2D eigenvalue weighted by atomic mass is 9.70. The molecule has 10 aromatic rings. The van der Waals surface area contributed by atoms with Gasteiger partial charge in [-0.2, -0.15) is 0 Å². The molecule has 2 aromatic heterocycles. The Kier molecular flexibility index (Phi) is 6.55. The molecule has 0 N–H and O–H groups in total. The van der Waals surface area contributed by atoms with Gasteiger partial charge in [-0.1, -0.05) is 176 Å². The molecule has 0 saturated carbocycles. The maximum absolute atomic E-state index is 6.47. The summed E-state index contributed by atoms with van der Waals surface area (Å²) >= 11 is 0. The first-order chi connectivity index (χ1) is 27.8. The van der Waals surface area contributed by atoms with Crippen LogP contribution in [0.3, 0.4) is 0 Å². The van der Waals surface area contributed by atoms with E-state index >= 15 is 0 Å². The maximum Gasteiger partial charge on any atom is 0.161 e. The summed E-state index contributed by atoms with van der Waals surface area (Å²) in [6.45, 7) is 0. The number of para-hydroxylation sites is 2. The van der Waals surface area contributed by atoms with Crippen molar-refractivity contribution in [2.75, 3.05) is 0 Å². The molecule has 0 atom stereocenters. The second-order valence-corrected chi connectivity index (χ2v) is 14.8. The Morgan fingerprint density at radius 3 is 1.66 bits per heavy atom. The lowest BCUT2D eigenvalue weighted by Gasteiger charge is -2.30. The van der Waals surface area contributed by atoms with Crippen molar-refractivity contribution in [3.8, 4) is 67.3 Å². The summed E-state index contributed by atoms with van der Waals surface area (Å²) < 4.78 is 6.47. The van der Waals surface area contributed by atoms with Gasteiger partial charge in [0.05, 0.1) is 16.8 Å². The van der Waals surface area contributed by atoms with Crippen molar-refractivity contribution in [1.82, 2.24) is 9.97 Å². The Hall–Kier alpha value is -7.36. The van der Waals surface area contributed by atoms with Crippen molar-refractivity contribution in [3.05, 3.63) is 216 Å². The molecule has 0 radical (unpaired) electrons. The van der Waals surface area contributed by atoms with E-state index in [2.05, 4.69) is 176 Å². The van der Waals surface area contributed by atoms with Gasteiger partial charge in [0, 0.05) is 33.0 Å². The minimum absolute atomic E-state index is 0.443. The molecule has 0 aliphatic heterocycles. The number of fused-ring (bicyclic) bond motifs is 13. The SMILES string of the molecule is c1ccc(-c2cc(-c3cccc(-c4cccc5c4oc4ccccc45)c3)nc(-c3cccc4c3-c3ccccc3C43c4ccccc4-c4ccccc43)n2)cc1. The van der Waals surface area contributed by atoms with Crippen LogP contribution in [0.2, 0.25) is 0 Å². The van der Waals surface area contributed by atoms with Crippen LogP contribution in [0.1, 0.15) is 22.3 Å². The molecule has 260 valence electrons. The zero-order chi connectivity index (χ0) is 36.8. The van der Waals surface area contributed by atoms with E-state index in [1.54, 1.807) is 0 Å². The van der Waals surface area contributed by atoms with Crippen molar-refractivity contribution in [1.29, 1.82) is 0 Å². The van der Waals surface area contributed by atoms with Gasteiger partial charge < -0.3 is 4.42 Å². The third kappa shape index (κ3) is 4.28. The van der Waals surface area contributed by atoms with Crippen molar-refractivity contribution >= 4 is 21.9 Å². The number of hydrogen-bond acceptors (Lipinski definition) is 3. The Morgan fingerprint density at radius 2 is 0.875 bits per heavy atom. The third-order valence-electron chi connectivity index (χ3n) is 11.9. The highest BCUT2D eigenvalue weighted by molar-refractivity contribution is 6.09. The van der Waals surface area contributed by atoms with Gasteiger partial charge >= 0.3 is 0 Å². The van der Waals surface area contributed by atoms with E-state index < -0.39 is 5.41 Å². The molecule has 2 heterocycles. The first kappa shape index (κ1) is 31.0. The number of rotatable bonds is 4. The average Bonchev–Trinajstić information content (AvgIpc) is 3.91. The highest BCUT2D eigenvalue weighted by Gasteiger charge is 2.52. The molecule has 0 bridgehead atoms. The fourth-order valence-corrected chi connectivity index (χ4v) is 9.62. The molecular formula is C53H32N2O. The molecule has 2 aliphatic rings. The van der Waals surface area contributed by atoms with Gasteiger partial charge in [0.1, 0.15) is 11.2 Å². The fourth-order valence-electron chi connectivity index (χ4n) is 9.62. The lowest BCUT2D eigenvalue weighted by Crippen LogP contribution is -2.25. The maximum atomic E-state index is 6.47. The van der Waals surface area contributed by atoms with Gasteiger partial charge in [0.25, 0.3) is 0 Å². The monoisotopic (exact) mass is 712 g/mol. The standard InChI is InChI=1S/C53H32N2O/c1-2-15-33(16-3-1)47-32-48(35-18-12-17-34(31-35)36-23-13-24-40-39-21-7-11-30-49(39)56-51(36)40)55-52(54-47)42-25-14-29-46-50(42)41-22-6-10-28-45(41)53(46)43-26-8-4-19-37(43)38-20-5-9-27-44(38)53/h1-32H. The van der Waals surface area contributed by atoms with Crippen molar-refractivity contribution in [2.45, 2.75) is 5.41 Å². The zero-order valence-corrected chi connectivity index (χ0v) is 30.3. The lowest BCUT2D eigenvalue weighted by molar-refractivity contribution is 0.670. The van der Waals surface area contributed by atoms with E-state index in [0.29, 0.717) is 5.82 Å². The molecule has 3 heteroatoms. The predicted molar refractivity (Wildman–Crippen MR) is 227 cm³/mol. The van der Waals surface area contributed by atoms with Gasteiger partial charge in [0.2, 0.25) is 0 Å². The van der Waals surface area contributed by atoms with Crippen LogP contribution in [0.15, 0.2) is 199 Å². The second-order valence-electron chi connectivity index (χ2n) is 14.8. The molecule has 0 amide bonds. The van der Waals surface area contributed by atoms with Gasteiger partial charge in [-0.15, -0.1) is 0 Å². The van der Waals surface area contributed by atoms with Crippen LogP contribution < -0.4 is 0 Å². The first-order valence-electron chi connectivity index (χ1n) is 19.2. The van der Waals surface area contributed by atoms with Crippen LogP contribution in [0.4, 0.5) is 0 Å². The Morgan fingerprint density at radius 1 is 0.357 bits per heavy atom. The second kappa shape index (κ2) is 11.8. The van der Waals surface area contributed by atoms with Gasteiger partial charge in [-0.25, -0.2) is 9.97 Å². The highest BCUT2D eigenvalue weighted by atomic mass is 16.3. The molecule has 12 rings (SSSR count). The number of nitrogens with zero attached hydrogens (tertiary/aromatic N) is 2. The Labute approximate surface area is 324 Å². The Bertz CT molecular complexity index is 3170. The minimum atomic E-state index is -0.443. The van der Waals surface area contributed by atoms with E-state index in [1.165, 1.54) is 44.5 Å². The van der Waals surface area contributed by atoms with Crippen LogP contribution in [-0.4, -0.2) is 9.97 Å². The highest BCUT2D eigenvalue weighted by Crippen LogP contribution is 2.63. The average molecular weight is 713 g/mol. The topological polar surface area (TPSA) is 38.9 Å². The summed E-state index contributed by atoms with van der Waals surface area (Å²) in [5.74, 6) is 0.703. The summed E-state index contributed by atoms with van der Waals surface area (Å²) in [7, 11) is 0. The summed E-state index contributed by atoms with van der Waals surface area (Å²) in [5, 5.41) is 2.24. The molecule has 2 aliphatic carbocycles. The largest absolute Gasteiger partial charge is 0.455 e. The number of furan rings is 1. The molecule has 0 fully saturated rings. The normalized spacial score (nSPS) is 13.1. The summed E-state index contributed by atoms with van der Waals surface area (Å²) in [4.78, 5) is 10.8. The third-order valence-corrected chi connectivity index (χ3v) is 11.9. The summed E-state index contributed by atoms with van der Waals surface area (Å²) in [5.41, 5.74) is 18.5.